The van der Waals surface area contributed by atoms with E-state index >= 15 is 0 Å². The lowest BCUT2D eigenvalue weighted by Crippen LogP contribution is -2.28. The first-order valence-corrected chi connectivity index (χ1v) is 10.3. The zero-order valence-electron chi connectivity index (χ0n) is 17.3. The van der Waals surface area contributed by atoms with Gasteiger partial charge in [-0.25, -0.2) is 0 Å². The molecule has 0 fully saturated rings. The predicted octanol–water partition coefficient (Wildman–Crippen LogP) is 4.26. The smallest absolute Gasteiger partial charge is 0.291 e. The molecular weight excluding hydrogens is 392 g/mol. The van der Waals surface area contributed by atoms with Crippen LogP contribution in [0.15, 0.2) is 71.5 Å². The minimum atomic E-state index is -0.315. The highest BCUT2D eigenvalue weighted by Crippen LogP contribution is 2.24. The number of nitrogens with zero attached hydrogens (tertiary/aromatic N) is 2. The molecule has 158 valence electrons. The summed E-state index contributed by atoms with van der Waals surface area (Å²) >= 11 is 0. The number of aromatic nitrogens is 2. The maximum atomic E-state index is 12.9. The molecule has 0 spiro atoms. The first-order chi connectivity index (χ1) is 15.2. The molecule has 0 aliphatic carbocycles. The van der Waals surface area contributed by atoms with Crippen molar-refractivity contribution >= 4 is 28.4 Å². The van der Waals surface area contributed by atoms with E-state index in [0.29, 0.717) is 24.3 Å². The number of carbonyl (C=O) groups is 2. The van der Waals surface area contributed by atoms with E-state index in [0.717, 1.165) is 29.6 Å². The van der Waals surface area contributed by atoms with Crippen molar-refractivity contribution in [3.63, 3.8) is 0 Å². The number of fused-ring (bicyclic) bond motifs is 1. The molecule has 0 saturated heterocycles. The summed E-state index contributed by atoms with van der Waals surface area (Å²) < 4.78 is 7.15. The Balaban J connectivity index is 1.52. The van der Waals surface area contributed by atoms with Crippen LogP contribution in [0.5, 0.6) is 0 Å². The van der Waals surface area contributed by atoms with Crippen molar-refractivity contribution < 1.29 is 14.0 Å². The third-order valence-electron chi connectivity index (χ3n) is 4.98. The van der Waals surface area contributed by atoms with E-state index < -0.39 is 0 Å². The van der Waals surface area contributed by atoms with Gasteiger partial charge in [0.1, 0.15) is 5.69 Å². The SMILES string of the molecule is CCCn1c(C(=O)NCCc2ccccn2)cc2cc(NC(=O)c3ccco3)ccc21. The molecule has 0 radical (unpaired) electrons. The average molecular weight is 416 g/mol. The van der Waals surface area contributed by atoms with Crippen LogP contribution in [0.25, 0.3) is 10.9 Å². The Hall–Kier alpha value is -3.87. The number of furan rings is 1. The summed E-state index contributed by atoms with van der Waals surface area (Å²) in [6.45, 7) is 3.31. The average Bonchev–Trinajstić information content (AvgIpc) is 3.43. The van der Waals surface area contributed by atoms with Gasteiger partial charge in [0.15, 0.2) is 5.76 Å². The second-order valence-electron chi connectivity index (χ2n) is 7.21. The van der Waals surface area contributed by atoms with Gasteiger partial charge in [-0.15, -0.1) is 0 Å². The maximum absolute atomic E-state index is 12.9. The summed E-state index contributed by atoms with van der Waals surface area (Å²) in [4.78, 5) is 29.4. The quantitative estimate of drug-likeness (QED) is 0.449. The largest absolute Gasteiger partial charge is 0.459 e. The van der Waals surface area contributed by atoms with Crippen LogP contribution in [0.4, 0.5) is 5.69 Å². The van der Waals surface area contributed by atoms with Crippen LogP contribution in [0.1, 0.15) is 40.1 Å². The van der Waals surface area contributed by atoms with Crippen molar-refractivity contribution in [2.24, 2.45) is 0 Å². The lowest BCUT2D eigenvalue weighted by molar-refractivity contribution is 0.0944. The molecule has 0 bridgehead atoms. The van der Waals surface area contributed by atoms with Gasteiger partial charge in [-0.1, -0.05) is 13.0 Å². The molecule has 0 atom stereocenters. The van der Waals surface area contributed by atoms with Crippen LogP contribution in [0.3, 0.4) is 0 Å². The molecule has 2 N–H and O–H groups in total. The first kappa shape index (κ1) is 20.4. The molecule has 7 nitrogen and oxygen atoms in total. The van der Waals surface area contributed by atoms with Crippen molar-refractivity contribution in [1.82, 2.24) is 14.9 Å². The monoisotopic (exact) mass is 416 g/mol. The highest BCUT2D eigenvalue weighted by Gasteiger charge is 2.16. The van der Waals surface area contributed by atoms with Crippen molar-refractivity contribution in [3.05, 3.63) is 84.2 Å². The van der Waals surface area contributed by atoms with E-state index in [1.807, 2.05) is 47.0 Å². The molecule has 1 aromatic carbocycles. The fourth-order valence-corrected chi connectivity index (χ4v) is 3.54. The lowest BCUT2D eigenvalue weighted by Gasteiger charge is -2.10. The number of hydrogen-bond donors (Lipinski definition) is 2. The molecule has 7 heteroatoms. The summed E-state index contributed by atoms with van der Waals surface area (Å²) in [7, 11) is 0. The van der Waals surface area contributed by atoms with Gasteiger partial charge in [0.25, 0.3) is 11.8 Å². The molecule has 3 aromatic heterocycles. The molecule has 2 amide bonds. The number of nitrogens with one attached hydrogen (secondary N) is 2. The van der Waals surface area contributed by atoms with E-state index in [-0.39, 0.29) is 17.6 Å². The Morgan fingerprint density at radius 2 is 1.97 bits per heavy atom. The zero-order chi connectivity index (χ0) is 21.6. The first-order valence-electron chi connectivity index (χ1n) is 10.3. The van der Waals surface area contributed by atoms with Crippen molar-refractivity contribution in [1.29, 1.82) is 0 Å². The second-order valence-corrected chi connectivity index (χ2v) is 7.21. The number of aryl methyl sites for hydroxylation is 1. The number of anilines is 1. The highest BCUT2D eigenvalue weighted by atomic mass is 16.3. The molecule has 0 aliphatic heterocycles. The standard InChI is InChI=1S/C24H24N4O3/c1-2-13-28-20-9-8-19(27-24(30)22-7-5-14-31-22)15-17(20)16-21(28)23(29)26-12-10-18-6-3-4-11-25-18/h3-9,11,14-16H,2,10,12-13H2,1H3,(H,26,29)(H,27,30). The number of pyridine rings is 1. The highest BCUT2D eigenvalue weighted by molar-refractivity contribution is 6.04. The van der Waals surface area contributed by atoms with Crippen LogP contribution in [0.2, 0.25) is 0 Å². The van der Waals surface area contributed by atoms with Crippen molar-refractivity contribution in [2.45, 2.75) is 26.3 Å². The minimum absolute atomic E-state index is 0.123. The second kappa shape index (κ2) is 9.30. The summed E-state index contributed by atoms with van der Waals surface area (Å²) in [6.07, 6.45) is 4.78. The van der Waals surface area contributed by atoms with Gasteiger partial charge in [0.05, 0.1) is 6.26 Å². The van der Waals surface area contributed by atoms with Gasteiger partial charge in [-0.05, 0) is 55.0 Å². The Labute approximate surface area is 180 Å². The molecule has 0 unspecified atom stereocenters. The Bertz CT molecular complexity index is 1180. The van der Waals surface area contributed by atoms with Crippen LogP contribution < -0.4 is 10.6 Å². The molecular formula is C24H24N4O3. The third-order valence-corrected chi connectivity index (χ3v) is 4.98. The van der Waals surface area contributed by atoms with E-state index in [4.69, 9.17) is 4.42 Å². The maximum Gasteiger partial charge on any atom is 0.291 e. The number of rotatable bonds is 8. The predicted molar refractivity (Wildman–Crippen MR) is 119 cm³/mol. The Kier molecular flexibility index (Phi) is 6.12. The molecule has 0 saturated carbocycles. The van der Waals surface area contributed by atoms with Gasteiger partial charge in [0, 0.05) is 48.0 Å². The lowest BCUT2D eigenvalue weighted by atomic mass is 10.2. The van der Waals surface area contributed by atoms with Gasteiger partial charge in [-0.2, -0.15) is 0 Å². The van der Waals surface area contributed by atoms with Gasteiger partial charge >= 0.3 is 0 Å². The zero-order valence-corrected chi connectivity index (χ0v) is 17.3. The Morgan fingerprint density at radius 1 is 1.06 bits per heavy atom. The van der Waals surface area contributed by atoms with Gasteiger partial charge in [-0.3, -0.25) is 14.6 Å². The number of amides is 2. The molecule has 3 heterocycles. The van der Waals surface area contributed by atoms with Gasteiger partial charge < -0.3 is 19.6 Å². The molecule has 31 heavy (non-hydrogen) atoms. The third kappa shape index (κ3) is 4.66. The van der Waals surface area contributed by atoms with E-state index in [1.54, 1.807) is 18.3 Å². The van der Waals surface area contributed by atoms with E-state index in [2.05, 4.69) is 22.5 Å². The molecule has 4 aromatic rings. The van der Waals surface area contributed by atoms with Crippen molar-refractivity contribution in [3.8, 4) is 0 Å². The number of carbonyl (C=O) groups excluding carboxylic acids is 2. The van der Waals surface area contributed by atoms with Crippen LogP contribution in [-0.2, 0) is 13.0 Å². The fraction of sp³-hybridized carbons (Fsp3) is 0.208. The molecule has 0 aliphatic rings. The molecule has 4 rings (SSSR count). The summed E-state index contributed by atoms with van der Waals surface area (Å²) in [6, 6.07) is 16.5. The fourth-order valence-electron chi connectivity index (χ4n) is 3.54. The van der Waals surface area contributed by atoms with E-state index in [9.17, 15) is 9.59 Å². The van der Waals surface area contributed by atoms with Gasteiger partial charge in [0.2, 0.25) is 0 Å². The van der Waals surface area contributed by atoms with Crippen LogP contribution in [-0.4, -0.2) is 27.9 Å². The van der Waals surface area contributed by atoms with E-state index in [1.165, 1.54) is 6.26 Å². The minimum Gasteiger partial charge on any atom is -0.459 e. The summed E-state index contributed by atoms with van der Waals surface area (Å²) in [5, 5.41) is 6.71. The van der Waals surface area contributed by atoms with Crippen LogP contribution in [0, 0.1) is 0 Å². The topological polar surface area (TPSA) is 89.2 Å². The van der Waals surface area contributed by atoms with Crippen LogP contribution >= 0.6 is 0 Å². The summed E-state index contributed by atoms with van der Waals surface area (Å²) in [5.74, 6) is -0.191. The summed E-state index contributed by atoms with van der Waals surface area (Å²) in [5.41, 5.74) is 3.14. The Morgan fingerprint density at radius 3 is 2.71 bits per heavy atom. The number of benzene rings is 1. The van der Waals surface area contributed by atoms with Crippen molar-refractivity contribution in [2.75, 3.05) is 11.9 Å². The number of hydrogen-bond acceptors (Lipinski definition) is 4. The normalized spacial score (nSPS) is 10.9.